The number of aryl methyl sites for hydroxylation is 4. The van der Waals surface area contributed by atoms with Crippen LogP contribution >= 0.6 is 0 Å². The Morgan fingerprint density at radius 3 is 1.90 bits per heavy atom. The van der Waals surface area contributed by atoms with Crippen molar-refractivity contribution >= 4 is 83.1 Å². The lowest BCUT2D eigenvalue weighted by atomic mass is 9.43. The summed E-state index contributed by atoms with van der Waals surface area (Å²) in [5, 5.41) is 84.4. The normalized spacial score (nSPS) is 25.7. The van der Waals surface area contributed by atoms with Gasteiger partial charge in [0.15, 0.2) is 5.78 Å². The molecule has 7 aliphatic carbocycles. The van der Waals surface area contributed by atoms with E-state index >= 15 is 4.39 Å². The molecule has 672 valence electrons. The first-order valence-electron chi connectivity index (χ1n) is 43.9. The number of halogens is 1. The van der Waals surface area contributed by atoms with Crippen molar-refractivity contribution in [3.8, 4) is 17.2 Å². The van der Waals surface area contributed by atoms with Crippen LogP contribution in [0.15, 0.2) is 95.8 Å². The van der Waals surface area contributed by atoms with Crippen LogP contribution in [0.2, 0.25) is 0 Å². The molecule has 5 saturated carbocycles. The van der Waals surface area contributed by atoms with Gasteiger partial charge in [-0.15, -0.1) is 5.10 Å². The summed E-state index contributed by atoms with van der Waals surface area (Å²) >= 11 is 0. The number of hydrazone groups is 1. The number of aliphatic hydroxyl groups excluding tert-OH is 2. The number of ether oxygens (including phenoxy) is 1. The number of alkyl halides is 1. The first kappa shape index (κ1) is 95.7. The van der Waals surface area contributed by atoms with Gasteiger partial charge in [-0.2, -0.15) is 10.2 Å². The molecule has 3 aromatic carbocycles. The standard InChI is InChI=1S/C35H43N7O4.C32H47FN4O6.C28H40N2O5/c1-6-35(4,5)34(46)36-16-7-17-41-22-29(38-40-41)21-37-33(45)23-42-30(13-9-27-11-15-32(44)25(3)19-27)20-28(39-42)12-8-26-10-14-31(43)24(2)18-26;1-7-28(3,4)27(42)35-16-25(40)34-17-26(41)37-36-21-10-12-29(5)20(14-21)8-9-23-22-11-13-31(43,24(39)18-38)30(22,6)15-19(2)32(23,29)33;1-5-27(2,3)26(34)30-15-24(32)29-16-25(33)35-18-7-9-19-17(14-18)6-8-21-20(19)12-13-28(4)22(21)10-11-23(28)31/h8-15,18-20,22,43-44H,6-7,16-17,21,23H2,1-5H3,(H,36,46)(H,37,45);10,12,14,19,22-23,38,43H,7-9,11,13,15-18H2,1-6H3,(H,34,40)(H,35,42)(H,37,41);7,9,14,20-23,31H,5-6,8,10-13,15-16H2,1-4H3,(H,29,32)(H,30,34)/b12-8+,13-9+;;/t;19-,22-,23-,29-,30-,31-,32+;20-,21-,22+,23+,28+/m.01/s1. The average molecular weight is 1710 g/mol. The SMILES string of the molecule is CCC(C)(C)C(=O)NCC(=O)NCC(=O)NN=C1C=C[C@@]2(C)C(=C1)CC[C@H]1[C@@H]3CC[C@](O)(C(=O)CO)[C@@]3(C)C[C@H](C)[C@@]12F.CCC(C)(C)C(=O)NCC(=O)NCC(=O)Oc1ccc2c(c1)CC[C@@H]1[C@@H]2CC[C@]2(C)[C@@H](O)CC[C@@H]12.CCC(C)(C)C(=O)NCCCn1cc(CNC(=O)Cn2nc(/C=C/c3ccc(O)c(C)c3)cc2/C=C/c2ccc(O)c(C)c2)nn1. The number of aromatic hydroxyl groups is 2. The lowest BCUT2D eigenvalue weighted by Gasteiger charge is -2.63. The first-order valence-corrected chi connectivity index (χ1v) is 43.9. The molecule has 12 N–H and O–H groups in total. The number of allylic oxidation sites excluding steroid dienone is 4. The molecule has 5 fully saturated rings. The second-order valence-corrected chi connectivity index (χ2v) is 37.6. The predicted octanol–water partition coefficient (Wildman–Crippen LogP) is 11.1. The molecular weight excluding hydrogens is 1580 g/mol. The lowest BCUT2D eigenvalue weighted by molar-refractivity contribution is -0.195. The molecule has 0 radical (unpaired) electrons. The number of benzene rings is 3. The van der Waals surface area contributed by atoms with E-state index in [4.69, 9.17) is 4.74 Å². The summed E-state index contributed by atoms with van der Waals surface area (Å²) in [5.41, 5.74) is 5.27. The van der Waals surface area contributed by atoms with Crippen molar-refractivity contribution in [2.75, 3.05) is 39.3 Å². The number of esters is 1. The molecule has 0 spiro atoms. The Balaban J connectivity index is 0.000000196. The van der Waals surface area contributed by atoms with Crippen LogP contribution in [0, 0.1) is 75.9 Å². The van der Waals surface area contributed by atoms with E-state index < -0.39 is 74.9 Å². The van der Waals surface area contributed by atoms with Crippen LogP contribution in [0.25, 0.3) is 24.3 Å². The summed E-state index contributed by atoms with van der Waals surface area (Å²) < 4.78 is 26.4. The maximum Gasteiger partial charge on any atom is 0.330 e. The van der Waals surface area contributed by atoms with Crippen LogP contribution in [-0.4, -0.2) is 166 Å². The van der Waals surface area contributed by atoms with Gasteiger partial charge >= 0.3 is 5.97 Å². The number of nitrogens with zero attached hydrogens (tertiary/aromatic N) is 6. The molecule has 28 nitrogen and oxygen atoms in total. The van der Waals surface area contributed by atoms with Crippen molar-refractivity contribution in [3.05, 3.63) is 141 Å². The monoisotopic (exact) mass is 1710 g/mol. The molecule has 7 amide bonds. The summed E-state index contributed by atoms with van der Waals surface area (Å²) in [6.45, 7) is 28.1. The summed E-state index contributed by atoms with van der Waals surface area (Å²) in [5.74, 6) is -1.57. The van der Waals surface area contributed by atoms with Gasteiger partial charge in [-0.3, -0.25) is 47.7 Å². The zero-order valence-corrected chi connectivity index (χ0v) is 74.8. The molecule has 2 aromatic heterocycles. The second-order valence-electron chi connectivity index (χ2n) is 37.6. The molecule has 0 aliphatic heterocycles. The highest BCUT2D eigenvalue weighted by Crippen LogP contribution is 2.71. The Hall–Kier alpha value is -10.5. The van der Waals surface area contributed by atoms with Crippen LogP contribution < -0.4 is 42.1 Å². The minimum absolute atomic E-state index is 0.0115. The van der Waals surface area contributed by atoms with Crippen LogP contribution in [-0.2, 0) is 69.2 Å². The molecule has 29 heteroatoms. The van der Waals surface area contributed by atoms with E-state index in [1.54, 1.807) is 47.6 Å². The minimum Gasteiger partial charge on any atom is -0.508 e. The third-order valence-corrected chi connectivity index (χ3v) is 28.5. The number of rotatable bonds is 30. The first-order chi connectivity index (χ1) is 58.5. The number of amides is 7. The molecule has 0 unspecified atom stereocenters. The molecule has 124 heavy (non-hydrogen) atoms. The Kier molecular flexibility index (Phi) is 30.7. The van der Waals surface area contributed by atoms with Crippen molar-refractivity contribution in [2.45, 2.75) is 243 Å². The van der Waals surface area contributed by atoms with E-state index in [-0.39, 0.29) is 110 Å². The lowest BCUT2D eigenvalue weighted by Crippen LogP contribution is -2.66. The number of carbonyl (C=O) groups excluding carboxylic acids is 9. The summed E-state index contributed by atoms with van der Waals surface area (Å²) in [7, 11) is 0. The van der Waals surface area contributed by atoms with E-state index in [1.807, 2.05) is 162 Å². The van der Waals surface area contributed by atoms with Gasteiger partial charge in [0.1, 0.15) is 53.9 Å². The second kappa shape index (κ2) is 39.8. The van der Waals surface area contributed by atoms with Gasteiger partial charge in [0.05, 0.1) is 55.6 Å². The molecular formula is C95H130FN13O15. The van der Waals surface area contributed by atoms with Crippen molar-refractivity contribution in [1.82, 2.24) is 62.1 Å². The maximum atomic E-state index is 17.6. The molecule has 12 atom stereocenters. The Labute approximate surface area is 727 Å². The van der Waals surface area contributed by atoms with E-state index in [9.17, 15) is 68.7 Å². The third kappa shape index (κ3) is 21.5. The number of aliphatic hydroxyl groups is 3. The number of phenols is 2. The van der Waals surface area contributed by atoms with Gasteiger partial charge in [-0.25, -0.2) is 14.6 Å². The van der Waals surface area contributed by atoms with Crippen molar-refractivity contribution < 1.29 is 77.8 Å². The predicted molar refractivity (Wildman–Crippen MR) is 471 cm³/mol. The van der Waals surface area contributed by atoms with Crippen LogP contribution in [0.5, 0.6) is 17.2 Å². The molecule has 7 aliphatic rings. The highest BCUT2D eigenvalue weighted by Gasteiger charge is 2.73. The van der Waals surface area contributed by atoms with E-state index in [2.05, 4.69) is 70.8 Å². The fraction of sp³-hybridized carbons (Fsp3) is 0.568. The zero-order chi connectivity index (χ0) is 90.7. The fourth-order valence-corrected chi connectivity index (χ4v) is 19.4. The topological polar surface area (TPSA) is 409 Å². The number of hydrogen-bond donors (Lipinski definition) is 12. The van der Waals surface area contributed by atoms with Crippen molar-refractivity contribution in [3.63, 3.8) is 0 Å². The Bertz CT molecular complexity index is 4940. The summed E-state index contributed by atoms with van der Waals surface area (Å²) in [4.78, 5) is 111. The maximum absolute atomic E-state index is 17.6. The molecule has 0 bridgehead atoms. The zero-order valence-electron chi connectivity index (χ0n) is 74.8. The number of hydrogen-bond acceptors (Lipinski definition) is 19. The van der Waals surface area contributed by atoms with Crippen LogP contribution in [0.4, 0.5) is 4.39 Å². The van der Waals surface area contributed by atoms with Crippen molar-refractivity contribution in [1.29, 1.82) is 0 Å². The number of fused-ring (bicyclic) bond motifs is 10. The van der Waals surface area contributed by atoms with Gasteiger partial charge in [-0.1, -0.05) is 130 Å². The summed E-state index contributed by atoms with van der Waals surface area (Å²) in [6, 6.07) is 18.5. The number of nitrogens with one attached hydrogen (secondary N) is 7. The van der Waals surface area contributed by atoms with Gasteiger partial charge in [0.25, 0.3) is 5.91 Å². The van der Waals surface area contributed by atoms with Gasteiger partial charge in [0.2, 0.25) is 35.4 Å². The van der Waals surface area contributed by atoms with Crippen molar-refractivity contribution in [2.24, 2.45) is 67.2 Å². The third-order valence-electron chi connectivity index (χ3n) is 28.5. The fourth-order valence-electron chi connectivity index (χ4n) is 19.4. The Morgan fingerprint density at radius 2 is 1.28 bits per heavy atom. The number of phenolic OH excluding ortho intramolecular Hbond substituents is 2. The average Bonchev–Trinajstić information content (AvgIpc) is 1.50. The summed E-state index contributed by atoms with van der Waals surface area (Å²) in [6.07, 6.45) is 25.8. The highest BCUT2D eigenvalue weighted by atomic mass is 19.1. The van der Waals surface area contributed by atoms with Gasteiger partial charge in [0, 0.05) is 40.2 Å². The largest absolute Gasteiger partial charge is 0.508 e. The minimum atomic E-state index is -1.65. The van der Waals surface area contributed by atoms with Crippen LogP contribution in [0.1, 0.15) is 236 Å². The quantitative estimate of drug-likeness (QED) is 0.00879. The van der Waals surface area contributed by atoms with E-state index in [0.29, 0.717) is 98.6 Å². The van der Waals surface area contributed by atoms with Gasteiger partial charge < -0.3 is 62.2 Å². The number of ketones is 1. The number of Topliss-reactive ketones (excluding diaryl/α,β-unsaturated/α-hetero) is 1. The highest BCUT2D eigenvalue weighted by molar-refractivity contribution is 6.06. The molecule has 0 saturated heterocycles. The van der Waals surface area contributed by atoms with E-state index in [1.165, 1.54) is 11.1 Å². The number of aromatic nitrogens is 5. The molecule has 5 aromatic rings. The molecule has 2 heterocycles. The number of carbonyl (C=O) groups is 9. The van der Waals surface area contributed by atoms with Gasteiger partial charge in [-0.05, 0) is 258 Å². The Morgan fingerprint density at radius 1 is 0.669 bits per heavy atom. The van der Waals surface area contributed by atoms with E-state index in [0.717, 1.165) is 78.5 Å². The molecule has 12 rings (SSSR count). The van der Waals surface area contributed by atoms with Crippen LogP contribution in [0.3, 0.4) is 0 Å². The smallest absolute Gasteiger partial charge is 0.330 e.